The lowest BCUT2D eigenvalue weighted by molar-refractivity contribution is -0.139. The van der Waals surface area contributed by atoms with Crippen LogP contribution in [0.3, 0.4) is 0 Å². The molecule has 0 radical (unpaired) electrons. The van der Waals surface area contributed by atoms with E-state index in [1.165, 1.54) is 69.4 Å². The fraction of sp³-hybridized carbons (Fsp3) is 0.591. The van der Waals surface area contributed by atoms with Crippen LogP contribution in [0, 0.1) is 0 Å². The summed E-state index contributed by atoms with van der Waals surface area (Å²) in [7, 11) is 0. The van der Waals surface area contributed by atoms with E-state index in [2.05, 4.69) is 44.2 Å². The highest BCUT2D eigenvalue weighted by molar-refractivity contribution is 5.66. The van der Waals surface area contributed by atoms with E-state index in [9.17, 15) is 4.79 Å². The van der Waals surface area contributed by atoms with Crippen LogP contribution >= 0.6 is 0 Å². The minimum Gasteiger partial charge on any atom is -0.461 e. The average Bonchev–Trinajstić information content (AvgIpc) is 2.59. The molecule has 0 fully saturated rings. The largest absolute Gasteiger partial charge is 0.461 e. The van der Waals surface area contributed by atoms with Crippen molar-refractivity contribution in [1.82, 2.24) is 0 Å². The lowest BCUT2D eigenvalue weighted by Crippen LogP contribution is -2.02. The Morgan fingerprint density at radius 2 is 1.58 bits per heavy atom. The second-order valence-corrected chi connectivity index (χ2v) is 6.55. The molecule has 0 N–H and O–H groups in total. The highest BCUT2D eigenvalue weighted by Crippen LogP contribution is 2.14. The Morgan fingerprint density at radius 1 is 0.958 bits per heavy atom. The summed E-state index contributed by atoms with van der Waals surface area (Å²) in [4.78, 5) is 10.9. The number of esters is 1. The number of ether oxygens (including phenoxy) is 1. The highest BCUT2D eigenvalue weighted by Gasteiger charge is 2.00. The molecule has 24 heavy (non-hydrogen) atoms. The predicted octanol–water partition coefficient (Wildman–Crippen LogP) is 6.34. The van der Waals surface area contributed by atoms with Gasteiger partial charge in [-0.05, 0) is 36.0 Å². The molecule has 0 spiro atoms. The van der Waals surface area contributed by atoms with Crippen LogP contribution in [-0.2, 0) is 16.0 Å². The molecule has 0 aliphatic carbocycles. The van der Waals surface area contributed by atoms with Gasteiger partial charge in [0, 0.05) is 6.92 Å². The highest BCUT2D eigenvalue weighted by atomic mass is 16.5. The van der Waals surface area contributed by atoms with E-state index in [0.29, 0.717) is 6.61 Å². The standard InChI is InChI=1S/C22H34O2/c1-4-6-7-8-9-10-11-12-21-13-15-22(16-14-21)17-20(5-2)18-24-19(3)23/h13-17H,4-12,18H2,1-3H3. The molecule has 0 aliphatic heterocycles. The summed E-state index contributed by atoms with van der Waals surface area (Å²) in [6.45, 7) is 6.19. The van der Waals surface area contributed by atoms with Gasteiger partial charge in [0.15, 0.2) is 0 Å². The van der Waals surface area contributed by atoms with E-state index < -0.39 is 0 Å². The first-order chi connectivity index (χ1) is 11.7. The molecule has 1 aromatic carbocycles. The maximum atomic E-state index is 10.9. The molecular formula is C22H34O2. The van der Waals surface area contributed by atoms with E-state index in [4.69, 9.17) is 4.74 Å². The number of hydrogen-bond acceptors (Lipinski definition) is 2. The molecule has 0 saturated carbocycles. The number of benzene rings is 1. The molecule has 0 atom stereocenters. The van der Waals surface area contributed by atoms with Gasteiger partial charge in [0.1, 0.15) is 6.61 Å². The van der Waals surface area contributed by atoms with Gasteiger partial charge in [-0.25, -0.2) is 0 Å². The van der Waals surface area contributed by atoms with Gasteiger partial charge in [-0.15, -0.1) is 0 Å². The van der Waals surface area contributed by atoms with Crippen LogP contribution in [0.1, 0.15) is 83.3 Å². The van der Waals surface area contributed by atoms with Crippen molar-refractivity contribution in [3.8, 4) is 0 Å². The zero-order valence-electron chi connectivity index (χ0n) is 15.8. The SMILES string of the molecule is CCCCCCCCCc1ccc(C=C(CC)COC(C)=O)cc1. The van der Waals surface area contributed by atoms with Gasteiger partial charge < -0.3 is 4.74 Å². The molecule has 2 nitrogen and oxygen atoms in total. The quantitative estimate of drug-likeness (QED) is 0.330. The van der Waals surface area contributed by atoms with E-state index in [0.717, 1.165) is 12.0 Å². The molecule has 0 saturated heterocycles. The van der Waals surface area contributed by atoms with Crippen LogP contribution in [0.2, 0.25) is 0 Å². The van der Waals surface area contributed by atoms with E-state index in [1.807, 2.05) is 0 Å². The van der Waals surface area contributed by atoms with Crippen molar-refractivity contribution in [2.75, 3.05) is 6.61 Å². The Kier molecular flexibility index (Phi) is 10.9. The van der Waals surface area contributed by atoms with E-state index in [-0.39, 0.29) is 5.97 Å². The van der Waals surface area contributed by atoms with Crippen molar-refractivity contribution < 1.29 is 9.53 Å². The Bertz CT molecular complexity index is 485. The van der Waals surface area contributed by atoms with Crippen LogP contribution in [-0.4, -0.2) is 12.6 Å². The van der Waals surface area contributed by atoms with Crippen molar-refractivity contribution >= 4 is 12.0 Å². The van der Waals surface area contributed by atoms with Crippen LogP contribution < -0.4 is 0 Å². The van der Waals surface area contributed by atoms with Crippen LogP contribution in [0.15, 0.2) is 29.8 Å². The summed E-state index contributed by atoms with van der Waals surface area (Å²) < 4.78 is 5.08. The van der Waals surface area contributed by atoms with E-state index in [1.54, 1.807) is 0 Å². The minimum atomic E-state index is -0.223. The van der Waals surface area contributed by atoms with Gasteiger partial charge in [0.05, 0.1) is 0 Å². The topological polar surface area (TPSA) is 26.3 Å². The monoisotopic (exact) mass is 330 g/mol. The number of carbonyl (C=O) groups is 1. The third kappa shape index (κ3) is 9.54. The maximum Gasteiger partial charge on any atom is 0.302 e. The Labute approximate surface area is 148 Å². The third-order valence-electron chi connectivity index (χ3n) is 4.33. The minimum absolute atomic E-state index is 0.223. The summed E-state index contributed by atoms with van der Waals surface area (Å²) in [5, 5.41) is 0. The number of aryl methyl sites for hydroxylation is 1. The van der Waals surface area contributed by atoms with Gasteiger partial charge in [-0.1, -0.05) is 82.7 Å². The fourth-order valence-corrected chi connectivity index (χ4v) is 2.74. The zero-order valence-corrected chi connectivity index (χ0v) is 15.8. The summed E-state index contributed by atoms with van der Waals surface area (Å²) in [6, 6.07) is 8.78. The van der Waals surface area contributed by atoms with Crippen LogP contribution in [0.25, 0.3) is 6.08 Å². The number of hydrogen-bond donors (Lipinski definition) is 0. The first kappa shape index (κ1) is 20.5. The van der Waals surface area contributed by atoms with Crippen LogP contribution in [0.4, 0.5) is 0 Å². The van der Waals surface area contributed by atoms with Crippen molar-refractivity contribution in [1.29, 1.82) is 0 Å². The zero-order chi connectivity index (χ0) is 17.6. The molecule has 0 aromatic heterocycles. The lowest BCUT2D eigenvalue weighted by atomic mass is 10.0. The smallest absolute Gasteiger partial charge is 0.302 e. The Balaban J connectivity index is 2.35. The van der Waals surface area contributed by atoms with Crippen LogP contribution in [0.5, 0.6) is 0 Å². The molecule has 0 unspecified atom stereocenters. The van der Waals surface area contributed by atoms with Crippen molar-refractivity contribution in [2.45, 2.75) is 78.6 Å². The molecule has 1 rings (SSSR count). The van der Waals surface area contributed by atoms with Gasteiger partial charge in [-0.3, -0.25) is 4.79 Å². The molecule has 0 bridgehead atoms. The molecule has 0 heterocycles. The Hall–Kier alpha value is -1.57. The van der Waals surface area contributed by atoms with Gasteiger partial charge in [-0.2, -0.15) is 0 Å². The third-order valence-corrected chi connectivity index (χ3v) is 4.33. The number of rotatable bonds is 12. The molecule has 0 aliphatic rings. The first-order valence-electron chi connectivity index (χ1n) is 9.57. The van der Waals surface area contributed by atoms with E-state index >= 15 is 0 Å². The summed E-state index contributed by atoms with van der Waals surface area (Å²) in [5.41, 5.74) is 3.74. The molecule has 1 aromatic rings. The van der Waals surface area contributed by atoms with Gasteiger partial charge >= 0.3 is 5.97 Å². The first-order valence-corrected chi connectivity index (χ1v) is 9.57. The second-order valence-electron chi connectivity index (χ2n) is 6.55. The maximum absolute atomic E-state index is 10.9. The molecule has 2 heteroatoms. The summed E-state index contributed by atoms with van der Waals surface area (Å²) in [5.74, 6) is -0.223. The number of unbranched alkanes of at least 4 members (excludes halogenated alkanes) is 6. The average molecular weight is 331 g/mol. The molecular weight excluding hydrogens is 296 g/mol. The van der Waals surface area contributed by atoms with Gasteiger partial charge in [0.2, 0.25) is 0 Å². The lowest BCUT2D eigenvalue weighted by Gasteiger charge is -2.06. The van der Waals surface area contributed by atoms with Crippen molar-refractivity contribution in [3.63, 3.8) is 0 Å². The fourth-order valence-electron chi connectivity index (χ4n) is 2.74. The Morgan fingerprint density at radius 3 is 2.17 bits per heavy atom. The second kappa shape index (κ2) is 12.8. The van der Waals surface area contributed by atoms with Crippen molar-refractivity contribution in [3.05, 3.63) is 41.0 Å². The molecule has 0 amide bonds. The summed E-state index contributed by atoms with van der Waals surface area (Å²) >= 11 is 0. The van der Waals surface area contributed by atoms with Gasteiger partial charge in [0.25, 0.3) is 0 Å². The molecule has 134 valence electrons. The summed E-state index contributed by atoms with van der Waals surface area (Å²) in [6.07, 6.45) is 13.7. The van der Waals surface area contributed by atoms with Crippen molar-refractivity contribution in [2.24, 2.45) is 0 Å². The predicted molar refractivity (Wildman–Crippen MR) is 103 cm³/mol. The normalized spacial score (nSPS) is 11.5. The number of carbonyl (C=O) groups excluding carboxylic acids is 1.